The number of carboxylic acids is 1. The fraction of sp³-hybridized carbons (Fsp3) is 0.273. The highest BCUT2D eigenvalue weighted by Crippen LogP contribution is 2.25. The molecule has 1 aromatic rings. The number of ether oxygens (including phenoxy) is 1. The molecule has 0 radical (unpaired) electrons. The van der Waals surface area contributed by atoms with Gasteiger partial charge in [-0.2, -0.15) is 0 Å². The van der Waals surface area contributed by atoms with Gasteiger partial charge in [0.05, 0.1) is 6.42 Å². The topological polar surface area (TPSA) is 63.6 Å². The average Bonchev–Trinajstić information content (AvgIpc) is 2.29. The maximum atomic E-state index is 11.2. The van der Waals surface area contributed by atoms with Gasteiger partial charge < -0.3 is 9.84 Å². The zero-order valence-corrected chi connectivity index (χ0v) is 13.0. The smallest absolute Gasteiger partial charge is 0.320 e. The van der Waals surface area contributed by atoms with Gasteiger partial charge in [-0.25, -0.2) is 0 Å². The van der Waals surface area contributed by atoms with E-state index in [1.165, 1.54) is 0 Å². The monoisotopic (exact) mass is 460 g/mol. The van der Waals surface area contributed by atoms with E-state index >= 15 is 0 Å². The first-order valence-corrected chi connectivity index (χ1v) is 7.55. The number of carboxylic acid groups (broad SMARTS) is 1. The van der Waals surface area contributed by atoms with Crippen LogP contribution in [-0.4, -0.2) is 21.5 Å². The van der Waals surface area contributed by atoms with Gasteiger partial charge in [0.15, 0.2) is 0 Å². The SMILES string of the molecule is O=C(CCI)Oc1ccc(C(I)C(=O)O)cc1. The molecule has 1 aromatic carbocycles. The van der Waals surface area contributed by atoms with Crippen molar-refractivity contribution in [1.82, 2.24) is 0 Å². The molecule has 0 aromatic heterocycles. The summed E-state index contributed by atoms with van der Waals surface area (Å²) < 4.78 is 5.18. The van der Waals surface area contributed by atoms with E-state index in [0.717, 1.165) is 0 Å². The van der Waals surface area contributed by atoms with Crippen LogP contribution in [0.25, 0.3) is 0 Å². The van der Waals surface area contributed by atoms with E-state index in [0.29, 0.717) is 22.2 Å². The molecule has 0 saturated carbocycles. The van der Waals surface area contributed by atoms with Crippen LogP contribution in [0.1, 0.15) is 15.9 Å². The summed E-state index contributed by atoms with van der Waals surface area (Å²) in [5, 5.41) is 8.83. The number of carbonyl (C=O) groups is 2. The molecule has 1 rings (SSSR count). The Hall–Kier alpha value is -0.380. The van der Waals surface area contributed by atoms with Gasteiger partial charge in [-0.15, -0.1) is 0 Å². The number of aliphatic carboxylic acids is 1. The van der Waals surface area contributed by atoms with Crippen molar-refractivity contribution in [3.8, 4) is 5.75 Å². The Labute approximate surface area is 126 Å². The maximum Gasteiger partial charge on any atom is 0.320 e. The van der Waals surface area contributed by atoms with Crippen molar-refractivity contribution in [2.45, 2.75) is 10.3 Å². The Bertz CT molecular complexity index is 402. The second-order valence-electron chi connectivity index (χ2n) is 3.18. The van der Waals surface area contributed by atoms with Crippen molar-refractivity contribution in [3.63, 3.8) is 0 Å². The van der Waals surface area contributed by atoms with E-state index in [4.69, 9.17) is 9.84 Å². The van der Waals surface area contributed by atoms with E-state index in [1.807, 2.05) is 22.6 Å². The second kappa shape index (κ2) is 7.14. The summed E-state index contributed by atoms with van der Waals surface area (Å²) in [6.45, 7) is 0. The molecule has 0 aliphatic carbocycles. The van der Waals surface area contributed by atoms with Gasteiger partial charge in [-0.3, -0.25) is 9.59 Å². The van der Waals surface area contributed by atoms with E-state index in [1.54, 1.807) is 24.3 Å². The van der Waals surface area contributed by atoms with Crippen LogP contribution < -0.4 is 4.74 Å². The molecule has 0 saturated heterocycles. The molecule has 17 heavy (non-hydrogen) atoms. The summed E-state index contributed by atoms with van der Waals surface area (Å²) >= 11 is 3.94. The first-order valence-electron chi connectivity index (χ1n) is 4.78. The van der Waals surface area contributed by atoms with Gasteiger partial charge >= 0.3 is 11.9 Å². The van der Waals surface area contributed by atoms with Crippen molar-refractivity contribution < 1.29 is 19.4 Å². The number of rotatable bonds is 5. The lowest BCUT2D eigenvalue weighted by Gasteiger charge is -2.07. The molecule has 1 unspecified atom stereocenters. The Morgan fingerprint density at radius 2 is 1.88 bits per heavy atom. The van der Waals surface area contributed by atoms with Crippen molar-refractivity contribution in [2.24, 2.45) is 0 Å². The van der Waals surface area contributed by atoms with Crippen LogP contribution in [-0.2, 0) is 9.59 Å². The summed E-state index contributed by atoms with van der Waals surface area (Å²) in [6, 6.07) is 6.51. The Kier molecular flexibility index (Phi) is 6.17. The minimum atomic E-state index is -0.889. The van der Waals surface area contributed by atoms with Gasteiger partial charge in [0.25, 0.3) is 0 Å². The number of halogens is 2. The molecule has 0 aliphatic rings. The van der Waals surface area contributed by atoms with Gasteiger partial charge in [0.2, 0.25) is 0 Å². The Morgan fingerprint density at radius 3 is 2.35 bits per heavy atom. The standard InChI is InChI=1S/C11H10I2O4/c12-6-5-9(14)17-8-3-1-7(2-4-8)10(13)11(15)16/h1-4,10H,5-6H2,(H,15,16). The highest BCUT2D eigenvalue weighted by atomic mass is 127. The third-order valence-corrected chi connectivity index (χ3v) is 3.71. The van der Waals surface area contributed by atoms with Crippen molar-refractivity contribution in [3.05, 3.63) is 29.8 Å². The summed E-state index contributed by atoms with van der Waals surface area (Å²) in [6.07, 6.45) is 0.367. The van der Waals surface area contributed by atoms with Gasteiger partial charge in [0, 0.05) is 4.43 Å². The van der Waals surface area contributed by atoms with E-state index < -0.39 is 9.89 Å². The van der Waals surface area contributed by atoms with E-state index in [-0.39, 0.29) is 5.97 Å². The number of hydrogen-bond acceptors (Lipinski definition) is 3. The average molecular weight is 460 g/mol. The van der Waals surface area contributed by atoms with Crippen LogP contribution >= 0.6 is 45.2 Å². The fourth-order valence-corrected chi connectivity index (χ4v) is 1.96. The molecule has 4 nitrogen and oxygen atoms in total. The number of benzene rings is 1. The number of hydrogen-bond donors (Lipinski definition) is 1. The molecule has 1 atom stereocenters. The lowest BCUT2D eigenvalue weighted by molar-refractivity contribution is -0.136. The molecule has 6 heteroatoms. The second-order valence-corrected chi connectivity index (χ2v) is 5.51. The van der Waals surface area contributed by atoms with Crippen LogP contribution in [0.5, 0.6) is 5.75 Å². The molecular weight excluding hydrogens is 450 g/mol. The van der Waals surface area contributed by atoms with Crippen molar-refractivity contribution in [2.75, 3.05) is 4.43 Å². The highest BCUT2D eigenvalue weighted by molar-refractivity contribution is 14.1. The van der Waals surface area contributed by atoms with E-state index in [2.05, 4.69) is 22.6 Å². The van der Waals surface area contributed by atoms with Crippen LogP contribution in [0, 0.1) is 0 Å². The zero-order chi connectivity index (χ0) is 12.8. The Balaban J connectivity index is 2.68. The first kappa shape index (κ1) is 14.7. The lowest BCUT2D eigenvalue weighted by Crippen LogP contribution is -2.08. The fourth-order valence-electron chi connectivity index (χ4n) is 1.11. The Morgan fingerprint density at radius 1 is 1.29 bits per heavy atom. The summed E-state index contributed by atoms with van der Waals surface area (Å²) in [7, 11) is 0. The predicted octanol–water partition coefficient (Wildman–Crippen LogP) is 2.98. The third kappa shape index (κ3) is 4.78. The molecule has 1 N–H and O–H groups in total. The molecule has 0 amide bonds. The van der Waals surface area contributed by atoms with Crippen LogP contribution in [0.2, 0.25) is 0 Å². The summed E-state index contributed by atoms with van der Waals surface area (Å²) in [5.74, 6) is -0.728. The van der Waals surface area contributed by atoms with Gasteiger partial charge in [-0.05, 0) is 17.7 Å². The summed E-state index contributed by atoms with van der Waals surface area (Å²) in [5.41, 5.74) is 0.673. The molecule has 0 heterocycles. The predicted molar refractivity (Wildman–Crippen MR) is 80.0 cm³/mol. The molecular formula is C11H10I2O4. The number of alkyl halides is 2. The normalized spacial score (nSPS) is 11.9. The minimum Gasteiger partial charge on any atom is -0.480 e. The maximum absolute atomic E-state index is 11.2. The van der Waals surface area contributed by atoms with Crippen LogP contribution in [0.3, 0.4) is 0 Å². The minimum absolute atomic E-state index is 0.281. The van der Waals surface area contributed by atoms with Crippen molar-refractivity contribution in [1.29, 1.82) is 0 Å². The quantitative estimate of drug-likeness (QED) is 0.318. The first-order chi connectivity index (χ1) is 8.04. The third-order valence-electron chi connectivity index (χ3n) is 1.92. The molecule has 0 aliphatic heterocycles. The van der Waals surface area contributed by atoms with Gasteiger partial charge in [-0.1, -0.05) is 57.3 Å². The molecule has 0 fully saturated rings. The van der Waals surface area contributed by atoms with Crippen LogP contribution in [0.4, 0.5) is 0 Å². The van der Waals surface area contributed by atoms with E-state index in [9.17, 15) is 9.59 Å². The number of esters is 1. The van der Waals surface area contributed by atoms with Crippen molar-refractivity contribution >= 4 is 57.1 Å². The zero-order valence-electron chi connectivity index (χ0n) is 8.73. The molecule has 0 bridgehead atoms. The molecule has 92 valence electrons. The summed E-state index contributed by atoms with van der Waals surface area (Å²) in [4.78, 5) is 22.0. The van der Waals surface area contributed by atoms with Crippen LogP contribution in [0.15, 0.2) is 24.3 Å². The highest BCUT2D eigenvalue weighted by Gasteiger charge is 2.15. The number of carbonyl (C=O) groups excluding carboxylic acids is 1. The largest absolute Gasteiger partial charge is 0.480 e. The molecule has 0 spiro atoms. The van der Waals surface area contributed by atoms with Gasteiger partial charge in [0.1, 0.15) is 9.67 Å². The lowest BCUT2D eigenvalue weighted by atomic mass is 10.1.